The van der Waals surface area contributed by atoms with E-state index in [9.17, 15) is 26.4 Å². The topological polar surface area (TPSA) is 170 Å². The number of rotatable bonds is 6. The van der Waals surface area contributed by atoms with Gasteiger partial charge in [-0.1, -0.05) is 35.4 Å². The Morgan fingerprint density at radius 2 is 1.00 bits per heavy atom. The molecule has 0 aromatic heterocycles. The number of esters is 2. The summed E-state index contributed by atoms with van der Waals surface area (Å²) in [4.78, 5) is 24.2. The molecule has 188 valence electrons. The van der Waals surface area contributed by atoms with Crippen LogP contribution in [-0.4, -0.2) is 58.2 Å². The van der Waals surface area contributed by atoms with E-state index in [2.05, 4.69) is 30.5 Å². The predicted molar refractivity (Wildman–Crippen MR) is 131 cm³/mol. The van der Waals surface area contributed by atoms with E-state index in [1.807, 2.05) is 13.8 Å². The second kappa shape index (κ2) is 11.6. The molecule has 35 heavy (non-hydrogen) atoms. The molecule has 14 heteroatoms. The zero-order valence-electron chi connectivity index (χ0n) is 19.3. The van der Waals surface area contributed by atoms with Gasteiger partial charge in [-0.25, -0.2) is 26.4 Å². The Hall–Kier alpha value is -3.78. The Balaban J connectivity index is 2.40. The van der Waals surface area contributed by atoms with E-state index in [0.29, 0.717) is 11.4 Å². The molecule has 2 N–H and O–H groups in total. The molecule has 2 rings (SSSR count). The van der Waals surface area contributed by atoms with Gasteiger partial charge in [-0.05, 0) is 38.1 Å². The van der Waals surface area contributed by atoms with Crippen LogP contribution in [0.15, 0.2) is 58.7 Å². The standard InChI is InChI=1S/C21H24N4O8S2/c1-14-5-9-16(10-6-14)22-24-18(20(26)32-3)34(28,29)13-35(30,31)19(21(27)33-4)25-23-17-11-7-15(2)8-12-17/h5-12,22-23H,13H2,1-4H3. The van der Waals surface area contributed by atoms with E-state index >= 15 is 0 Å². The van der Waals surface area contributed by atoms with Gasteiger partial charge in [0.1, 0.15) is 0 Å². The SMILES string of the molecule is COC(=O)C(=NNc1ccc(C)cc1)S(=O)(=O)CS(=O)(=O)C(=NNc1ccc(C)cc1)C(=O)OC. The third-order valence-electron chi connectivity index (χ3n) is 4.30. The van der Waals surface area contributed by atoms with E-state index in [-0.39, 0.29) is 0 Å². The van der Waals surface area contributed by atoms with Crippen molar-refractivity contribution < 1.29 is 35.9 Å². The fraction of sp³-hybridized carbons (Fsp3) is 0.238. The van der Waals surface area contributed by atoms with Gasteiger partial charge in [0, 0.05) is 0 Å². The number of hydrogen-bond donors (Lipinski definition) is 2. The van der Waals surface area contributed by atoms with Crippen LogP contribution in [0.3, 0.4) is 0 Å². The molecule has 0 heterocycles. The summed E-state index contributed by atoms with van der Waals surface area (Å²) in [6, 6.07) is 13.1. The van der Waals surface area contributed by atoms with Crippen molar-refractivity contribution in [1.29, 1.82) is 0 Å². The second-order valence-corrected chi connectivity index (χ2v) is 11.3. The fourth-order valence-corrected chi connectivity index (χ4v) is 6.03. The number of benzene rings is 2. The molecule has 0 amide bonds. The molecule has 0 aliphatic carbocycles. The maximum absolute atomic E-state index is 12.9. The number of hydrogen-bond acceptors (Lipinski definition) is 12. The average molecular weight is 525 g/mol. The maximum atomic E-state index is 12.9. The minimum atomic E-state index is -4.94. The van der Waals surface area contributed by atoms with Gasteiger partial charge in [0.05, 0.1) is 25.6 Å². The molecule has 0 bridgehead atoms. The third-order valence-corrected chi connectivity index (χ3v) is 8.47. The van der Waals surface area contributed by atoms with Crippen molar-refractivity contribution in [2.75, 3.05) is 30.2 Å². The summed E-state index contributed by atoms with van der Waals surface area (Å²) in [7, 11) is -8.07. The molecular weight excluding hydrogens is 500 g/mol. The van der Waals surface area contributed by atoms with Crippen molar-refractivity contribution >= 4 is 53.1 Å². The highest BCUT2D eigenvalue weighted by Gasteiger charge is 2.39. The van der Waals surface area contributed by atoms with Gasteiger partial charge in [-0.2, -0.15) is 10.2 Å². The van der Waals surface area contributed by atoms with Crippen LogP contribution in [0.25, 0.3) is 0 Å². The molecule has 0 saturated carbocycles. The first kappa shape index (κ1) is 27.5. The molecule has 0 atom stereocenters. The normalized spacial score (nSPS) is 12.6. The van der Waals surface area contributed by atoms with Crippen LogP contribution < -0.4 is 10.9 Å². The second-order valence-electron chi connectivity index (χ2n) is 7.12. The number of hydrazone groups is 2. The Labute approximate surface area is 202 Å². The minimum absolute atomic E-state index is 0.328. The molecule has 2 aromatic rings. The summed E-state index contributed by atoms with van der Waals surface area (Å²) in [6.07, 6.45) is 0. The number of carbonyl (C=O) groups is 2. The maximum Gasteiger partial charge on any atom is 0.370 e. The van der Waals surface area contributed by atoms with Crippen LogP contribution >= 0.6 is 0 Å². The first-order chi connectivity index (χ1) is 16.4. The Morgan fingerprint density at radius 1 is 0.686 bits per heavy atom. The molecular formula is C21H24N4O8S2. The molecule has 0 radical (unpaired) electrons. The van der Waals surface area contributed by atoms with E-state index < -0.39 is 46.8 Å². The summed E-state index contributed by atoms with van der Waals surface area (Å²) >= 11 is 0. The van der Waals surface area contributed by atoms with Gasteiger partial charge in [-0.15, -0.1) is 0 Å². The number of carbonyl (C=O) groups excluding carboxylic acids is 2. The van der Waals surface area contributed by atoms with Crippen LogP contribution in [-0.2, 0) is 38.7 Å². The lowest BCUT2D eigenvalue weighted by Gasteiger charge is -2.10. The third kappa shape index (κ3) is 7.61. The van der Waals surface area contributed by atoms with Crippen LogP contribution in [0.5, 0.6) is 0 Å². The number of methoxy groups -OCH3 is 2. The first-order valence-electron chi connectivity index (χ1n) is 9.82. The van der Waals surface area contributed by atoms with E-state index in [1.165, 1.54) is 0 Å². The summed E-state index contributed by atoms with van der Waals surface area (Å²) in [5.74, 6) is -2.82. The zero-order chi connectivity index (χ0) is 26.2. The van der Waals surface area contributed by atoms with Crippen molar-refractivity contribution in [3.05, 3.63) is 59.7 Å². The lowest BCUT2D eigenvalue weighted by molar-refractivity contribution is -0.133. The number of ether oxygens (including phenoxy) is 2. The Bertz CT molecular complexity index is 1240. The van der Waals surface area contributed by atoms with Gasteiger partial charge < -0.3 is 9.47 Å². The molecule has 0 saturated heterocycles. The molecule has 2 aromatic carbocycles. The van der Waals surface area contributed by atoms with Crippen molar-refractivity contribution in [2.45, 2.75) is 13.8 Å². The van der Waals surface area contributed by atoms with E-state index in [1.54, 1.807) is 48.5 Å². The van der Waals surface area contributed by atoms with Gasteiger partial charge in [0.15, 0.2) is 5.08 Å². The number of aryl methyl sites for hydroxylation is 2. The highest BCUT2D eigenvalue weighted by atomic mass is 32.3. The van der Waals surface area contributed by atoms with E-state index in [0.717, 1.165) is 25.3 Å². The number of sulfone groups is 2. The molecule has 0 aliphatic rings. The number of anilines is 2. The largest absolute Gasteiger partial charge is 0.464 e. The van der Waals surface area contributed by atoms with Crippen molar-refractivity contribution in [3.63, 3.8) is 0 Å². The van der Waals surface area contributed by atoms with E-state index in [4.69, 9.17) is 0 Å². The summed E-state index contributed by atoms with van der Waals surface area (Å²) in [6.45, 7) is 3.66. The molecule has 0 unspecified atom stereocenters. The van der Waals surface area contributed by atoms with Crippen molar-refractivity contribution in [2.24, 2.45) is 10.2 Å². The zero-order valence-corrected chi connectivity index (χ0v) is 20.9. The Morgan fingerprint density at radius 3 is 1.29 bits per heavy atom. The number of nitrogens with zero attached hydrogens (tertiary/aromatic N) is 2. The predicted octanol–water partition coefficient (Wildman–Crippen LogP) is 1.59. The highest BCUT2D eigenvalue weighted by molar-refractivity contribution is 8.23. The lowest BCUT2D eigenvalue weighted by atomic mass is 10.2. The highest BCUT2D eigenvalue weighted by Crippen LogP contribution is 2.13. The average Bonchev–Trinajstić information content (AvgIpc) is 2.80. The van der Waals surface area contributed by atoms with Crippen molar-refractivity contribution in [3.8, 4) is 0 Å². The Kier molecular flexibility index (Phi) is 9.08. The first-order valence-corrected chi connectivity index (χ1v) is 13.1. The monoisotopic (exact) mass is 524 g/mol. The smallest absolute Gasteiger partial charge is 0.370 e. The molecule has 12 nitrogen and oxygen atoms in total. The molecule has 0 spiro atoms. The van der Waals surface area contributed by atoms with Gasteiger partial charge in [0.2, 0.25) is 19.7 Å². The number of nitrogens with one attached hydrogen (secondary N) is 2. The van der Waals surface area contributed by atoms with Crippen LogP contribution in [0.4, 0.5) is 11.4 Å². The summed E-state index contributed by atoms with van der Waals surface area (Å²) in [5, 5.41) is 2.97. The van der Waals surface area contributed by atoms with Crippen LogP contribution in [0, 0.1) is 13.8 Å². The summed E-state index contributed by atoms with van der Waals surface area (Å²) < 4.78 is 60.4. The van der Waals surface area contributed by atoms with Gasteiger partial charge in [0.25, 0.3) is 10.1 Å². The fourth-order valence-electron chi connectivity index (χ4n) is 2.46. The van der Waals surface area contributed by atoms with Gasteiger partial charge >= 0.3 is 11.9 Å². The van der Waals surface area contributed by atoms with Crippen LogP contribution in [0.2, 0.25) is 0 Å². The quantitative estimate of drug-likeness (QED) is 0.245. The molecule has 0 aliphatic heterocycles. The van der Waals surface area contributed by atoms with Crippen LogP contribution in [0.1, 0.15) is 11.1 Å². The van der Waals surface area contributed by atoms with Crippen molar-refractivity contribution in [1.82, 2.24) is 0 Å². The minimum Gasteiger partial charge on any atom is -0.464 e. The summed E-state index contributed by atoms with van der Waals surface area (Å²) in [5.41, 5.74) is 7.23. The molecule has 0 fully saturated rings. The van der Waals surface area contributed by atoms with Gasteiger partial charge in [-0.3, -0.25) is 10.9 Å². The lowest BCUT2D eigenvalue weighted by Crippen LogP contribution is -2.36.